The normalized spacial score (nSPS) is 16.1. The number of carbonyl (C=O) groups is 1. The number of halogens is 1. The predicted octanol–water partition coefficient (Wildman–Crippen LogP) is 2.82. The zero-order valence-electron chi connectivity index (χ0n) is 10.6. The van der Waals surface area contributed by atoms with Crippen LogP contribution in [0.4, 0.5) is 0 Å². The second-order valence-electron chi connectivity index (χ2n) is 4.90. The van der Waals surface area contributed by atoms with Crippen LogP contribution in [0.5, 0.6) is 0 Å². The van der Waals surface area contributed by atoms with Crippen molar-refractivity contribution in [3.63, 3.8) is 0 Å². The van der Waals surface area contributed by atoms with Crippen molar-refractivity contribution in [3.8, 4) is 6.07 Å². The molecule has 1 aromatic heterocycles. The molecule has 5 heteroatoms. The number of amides is 1. The Kier molecular flexibility index (Phi) is 3.76. The smallest absolute Gasteiger partial charge is 0.270 e. The van der Waals surface area contributed by atoms with Gasteiger partial charge in [-0.3, -0.25) is 4.79 Å². The van der Waals surface area contributed by atoms with Gasteiger partial charge in [-0.1, -0.05) is 0 Å². The number of rotatable bonds is 4. The first-order valence-corrected chi connectivity index (χ1v) is 6.84. The number of hydrogen-bond donors (Lipinski definition) is 0. The van der Waals surface area contributed by atoms with Crippen LogP contribution in [0.15, 0.2) is 16.7 Å². The van der Waals surface area contributed by atoms with Gasteiger partial charge in [0.25, 0.3) is 5.91 Å². The van der Waals surface area contributed by atoms with Crippen LogP contribution in [0, 0.1) is 17.2 Å². The quantitative estimate of drug-likeness (QED) is 0.858. The predicted molar refractivity (Wildman–Crippen MR) is 72.1 cm³/mol. The van der Waals surface area contributed by atoms with E-state index >= 15 is 0 Å². The van der Waals surface area contributed by atoms with Gasteiger partial charge in [0.15, 0.2) is 0 Å². The molecule has 0 radical (unpaired) electrons. The molecule has 1 atom stereocenters. The summed E-state index contributed by atoms with van der Waals surface area (Å²) < 4.78 is 2.97. The van der Waals surface area contributed by atoms with Gasteiger partial charge in [-0.25, -0.2) is 0 Å². The van der Waals surface area contributed by atoms with E-state index in [2.05, 4.69) is 22.0 Å². The number of hydrogen-bond acceptors (Lipinski definition) is 2. The van der Waals surface area contributed by atoms with Crippen LogP contribution in [0.3, 0.4) is 0 Å². The van der Waals surface area contributed by atoms with Crippen molar-refractivity contribution in [1.82, 2.24) is 9.47 Å². The first kappa shape index (κ1) is 13.2. The lowest BCUT2D eigenvalue weighted by Crippen LogP contribution is -2.32. The van der Waals surface area contributed by atoms with Gasteiger partial charge < -0.3 is 9.47 Å². The summed E-state index contributed by atoms with van der Waals surface area (Å²) in [6.45, 7) is 2.28. The largest absolute Gasteiger partial charge is 0.339 e. The van der Waals surface area contributed by atoms with Gasteiger partial charge in [0.2, 0.25) is 0 Å². The molecule has 1 aliphatic carbocycles. The average Bonchev–Trinajstić information content (AvgIpc) is 3.11. The van der Waals surface area contributed by atoms with Gasteiger partial charge in [-0.15, -0.1) is 0 Å². The molecule has 18 heavy (non-hydrogen) atoms. The Hall–Kier alpha value is -1.28. The second kappa shape index (κ2) is 5.15. The number of nitriles is 1. The molecule has 1 aromatic rings. The topological polar surface area (TPSA) is 49.0 Å². The molecule has 0 bridgehead atoms. The molecule has 1 amide bonds. The molecule has 4 nitrogen and oxygen atoms in total. The fourth-order valence-corrected chi connectivity index (χ4v) is 2.44. The van der Waals surface area contributed by atoms with Crippen molar-refractivity contribution in [2.75, 3.05) is 13.6 Å². The van der Waals surface area contributed by atoms with Crippen molar-refractivity contribution >= 4 is 21.8 Å². The Labute approximate surface area is 115 Å². The van der Waals surface area contributed by atoms with Crippen molar-refractivity contribution < 1.29 is 4.79 Å². The van der Waals surface area contributed by atoms with E-state index in [0.29, 0.717) is 18.3 Å². The van der Waals surface area contributed by atoms with Crippen LogP contribution in [0.25, 0.3) is 0 Å². The third kappa shape index (κ3) is 2.75. The van der Waals surface area contributed by atoms with Crippen LogP contribution in [-0.4, -0.2) is 29.0 Å². The molecule has 96 valence electrons. The third-order valence-corrected chi connectivity index (χ3v) is 3.52. The van der Waals surface area contributed by atoms with Gasteiger partial charge >= 0.3 is 0 Å². The molecule has 0 aromatic carbocycles. The third-order valence-electron chi connectivity index (χ3n) is 3.09. The summed E-state index contributed by atoms with van der Waals surface area (Å²) in [4.78, 5) is 14.0. The SMILES string of the molecule is CC(C#N)CN(C)C(=O)c1cc(Br)cn1C1CC1. The van der Waals surface area contributed by atoms with Crippen LogP contribution in [-0.2, 0) is 0 Å². The highest BCUT2D eigenvalue weighted by Gasteiger charge is 2.29. The summed E-state index contributed by atoms with van der Waals surface area (Å²) in [5, 5.41) is 8.79. The zero-order chi connectivity index (χ0) is 13.3. The van der Waals surface area contributed by atoms with E-state index in [9.17, 15) is 4.79 Å². The Balaban J connectivity index is 2.15. The van der Waals surface area contributed by atoms with E-state index in [1.54, 1.807) is 11.9 Å². The highest BCUT2D eigenvalue weighted by molar-refractivity contribution is 9.10. The van der Waals surface area contributed by atoms with Gasteiger partial charge in [0.1, 0.15) is 5.69 Å². The van der Waals surface area contributed by atoms with Crippen LogP contribution < -0.4 is 0 Å². The average molecular weight is 310 g/mol. The molecule has 1 fully saturated rings. The van der Waals surface area contributed by atoms with Crippen molar-refractivity contribution in [1.29, 1.82) is 5.26 Å². The van der Waals surface area contributed by atoms with Crippen LogP contribution >= 0.6 is 15.9 Å². The summed E-state index contributed by atoms with van der Waals surface area (Å²) in [6, 6.07) is 4.47. The summed E-state index contributed by atoms with van der Waals surface area (Å²) in [6.07, 6.45) is 4.24. The van der Waals surface area contributed by atoms with E-state index in [4.69, 9.17) is 5.26 Å². The van der Waals surface area contributed by atoms with Crippen LogP contribution in [0.1, 0.15) is 36.3 Å². The van der Waals surface area contributed by atoms with E-state index in [1.165, 1.54) is 0 Å². The van der Waals surface area contributed by atoms with Crippen molar-refractivity contribution in [2.24, 2.45) is 5.92 Å². The van der Waals surface area contributed by atoms with Gasteiger partial charge in [0, 0.05) is 30.3 Å². The summed E-state index contributed by atoms with van der Waals surface area (Å²) in [5.74, 6) is -0.165. The molecule has 0 spiro atoms. The number of nitrogens with zero attached hydrogens (tertiary/aromatic N) is 3. The Bertz CT molecular complexity index is 499. The highest BCUT2D eigenvalue weighted by Crippen LogP contribution is 2.37. The fraction of sp³-hybridized carbons (Fsp3) is 0.538. The molecular weight excluding hydrogens is 294 g/mol. The summed E-state index contributed by atoms with van der Waals surface area (Å²) in [5.41, 5.74) is 0.706. The maximum atomic E-state index is 12.3. The molecule has 2 rings (SSSR count). The lowest BCUT2D eigenvalue weighted by molar-refractivity contribution is 0.0774. The highest BCUT2D eigenvalue weighted by atomic mass is 79.9. The van der Waals surface area contributed by atoms with Crippen LogP contribution in [0.2, 0.25) is 0 Å². The standard InChI is InChI=1S/C13H16BrN3O/c1-9(6-15)7-16(2)13(18)12-5-10(14)8-17(12)11-3-4-11/h5,8-9,11H,3-4,7H2,1-2H3. The zero-order valence-corrected chi connectivity index (χ0v) is 12.1. The molecule has 1 aliphatic rings. The Morgan fingerprint density at radius 2 is 2.39 bits per heavy atom. The second-order valence-corrected chi connectivity index (χ2v) is 5.81. The summed E-state index contributed by atoms with van der Waals surface area (Å²) >= 11 is 3.42. The number of aromatic nitrogens is 1. The Morgan fingerprint density at radius 1 is 1.72 bits per heavy atom. The molecule has 1 heterocycles. The molecule has 1 unspecified atom stereocenters. The van der Waals surface area contributed by atoms with Crippen molar-refractivity contribution in [2.45, 2.75) is 25.8 Å². The van der Waals surface area contributed by atoms with E-state index in [0.717, 1.165) is 17.3 Å². The lowest BCUT2D eigenvalue weighted by atomic mass is 10.2. The first-order valence-electron chi connectivity index (χ1n) is 6.05. The minimum absolute atomic E-state index is 0.0188. The lowest BCUT2D eigenvalue weighted by Gasteiger charge is -2.19. The molecule has 0 saturated heterocycles. The minimum Gasteiger partial charge on any atom is -0.339 e. The molecule has 1 saturated carbocycles. The van der Waals surface area contributed by atoms with Gasteiger partial charge in [-0.05, 0) is 41.8 Å². The minimum atomic E-state index is -0.147. The van der Waals surface area contributed by atoms with E-state index in [-0.39, 0.29) is 11.8 Å². The number of carbonyl (C=O) groups excluding carboxylic acids is 1. The summed E-state index contributed by atoms with van der Waals surface area (Å²) in [7, 11) is 1.74. The fourth-order valence-electron chi connectivity index (χ4n) is 2.00. The van der Waals surface area contributed by atoms with Gasteiger partial charge in [-0.2, -0.15) is 5.26 Å². The molecule has 0 aliphatic heterocycles. The Morgan fingerprint density at radius 3 is 2.94 bits per heavy atom. The monoisotopic (exact) mass is 309 g/mol. The molecular formula is C13H16BrN3O. The maximum Gasteiger partial charge on any atom is 0.270 e. The first-order chi connectivity index (χ1) is 8.52. The van der Waals surface area contributed by atoms with E-state index in [1.807, 2.05) is 23.8 Å². The molecule has 0 N–H and O–H groups in total. The van der Waals surface area contributed by atoms with Gasteiger partial charge in [0.05, 0.1) is 12.0 Å². The van der Waals surface area contributed by atoms with Crippen molar-refractivity contribution in [3.05, 3.63) is 22.4 Å². The van der Waals surface area contributed by atoms with E-state index < -0.39 is 0 Å². The maximum absolute atomic E-state index is 12.3.